The highest BCUT2D eigenvalue weighted by Crippen LogP contribution is 2.28. The van der Waals surface area contributed by atoms with Crippen LogP contribution in [-0.2, 0) is 0 Å². The summed E-state index contributed by atoms with van der Waals surface area (Å²) in [6.45, 7) is 4.08. The van der Waals surface area contributed by atoms with Crippen molar-refractivity contribution < 1.29 is 4.79 Å². The number of carbonyl (C=O) groups is 1. The number of H-pyrrole nitrogens is 1. The number of fused-ring (bicyclic) bond motifs is 1. The van der Waals surface area contributed by atoms with Gasteiger partial charge < -0.3 is 4.98 Å². The fourth-order valence-electron chi connectivity index (χ4n) is 2.10. The van der Waals surface area contributed by atoms with Crippen LogP contribution in [0.4, 0.5) is 0 Å². The van der Waals surface area contributed by atoms with E-state index in [0.717, 1.165) is 25.8 Å². The van der Waals surface area contributed by atoms with Crippen LogP contribution in [0.1, 0.15) is 25.7 Å². The highest BCUT2D eigenvalue weighted by molar-refractivity contribution is 9.10. The molecule has 96 valence electrons. The van der Waals surface area contributed by atoms with Crippen LogP contribution >= 0.6 is 27.3 Å². The third-order valence-corrected chi connectivity index (χ3v) is 4.92. The van der Waals surface area contributed by atoms with Crippen molar-refractivity contribution in [3.63, 3.8) is 0 Å². The van der Waals surface area contributed by atoms with Gasteiger partial charge in [-0.2, -0.15) is 0 Å². The molecule has 0 fully saturated rings. The summed E-state index contributed by atoms with van der Waals surface area (Å²) in [5.74, 6) is 0.0885. The summed E-state index contributed by atoms with van der Waals surface area (Å²) in [7, 11) is 0. The number of hydrogen-bond acceptors (Lipinski definition) is 2. The van der Waals surface area contributed by atoms with E-state index < -0.39 is 0 Å². The molecule has 0 bridgehead atoms. The number of aryl methyl sites for hydroxylation is 2. The van der Waals surface area contributed by atoms with E-state index >= 15 is 0 Å². The van der Waals surface area contributed by atoms with Gasteiger partial charge in [-0.3, -0.25) is 4.79 Å². The van der Waals surface area contributed by atoms with E-state index in [2.05, 4.69) is 20.9 Å². The number of rotatable bonds is 2. The average Bonchev–Trinajstić information content (AvgIpc) is 2.93. The Bertz CT molecular complexity index is 765. The van der Waals surface area contributed by atoms with Gasteiger partial charge in [0, 0.05) is 32.0 Å². The van der Waals surface area contributed by atoms with Crippen LogP contribution in [0.3, 0.4) is 0 Å². The smallest absolute Gasteiger partial charge is 0.205 e. The van der Waals surface area contributed by atoms with Gasteiger partial charge >= 0.3 is 0 Å². The number of ketones is 1. The number of benzene rings is 1. The van der Waals surface area contributed by atoms with Gasteiger partial charge in [0.15, 0.2) is 0 Å². The van der Waals surface area contributed by atoms with Crippen molar-refractivity contribution in [1.82, 2.24) is 4.98 Å². The molecule has 3 aromatic rings. The maximum Gasteiger partial charge on any atom is 0.205 e. The van der Waals surface area contributed by atoms with E-state index in [1.807, 2.05) is 38.1 Å². The molecule has 0 aliphatic heterocycles. The largest absolute Gasteiger partial charge is 0.360 e. The summed E-state index contributed by atoms with van der Waals surface area (Å²) in [6.07, 6.45) is 1.80. The summed E-state index contributed by atoms with van der Waals surface area (Å²) < 4.78 is 0.979. The predicted molar refractivity (Wildman–Crippen MR) is 83.2 cm³/mol. The second-order valence-corrected chi connectivity index (χ2v) is 6.74. The molecular weight excluding hydrogens is 322 g/mol. The molecule has 2 heterocycles. The Morgan fingerprint density at radius 3 is 2.74 bits per heavy atom. The first-order chi connectivity index (χ1) is 9.06. The van der Waals surface area contributed by atoms with Gasteiger partial charge in [-0.05, 0) is 43.7 Å². The molecule has 1 aromatic carbocycles. The molecule has 0 spiro atoms. The normalized spacial score (nSPS) is 11.1. The van der Waals surface area contributed by atoms with Gasteiger partial charge in [0.25, 0.3) is 0 Å². The zero-order chi connectivity index (χ0) is 13.6. The molecule has 0 aliphatic carbocycles. The van der Waals surface area contributed by atoms with Crippen LogP contribution in [0, 0.1) is 13.8 Å². The fourth-order valence-corrected chi connectivity index (χ4v) is 3.45. The molecule has 2 nitrogen and oxygen atoms in total. The maximum atomic E-state index is 12.6. The minimum absolute atomic E-state index is 0.0885. The quantitative estimate of drug-likeness (QED) is 0.668. The van der Waals surface area contributed by atoms with E-state index in [1.54, 1.807) is 17.5 Å². The topological polar surface area (TPSA) is 32.9 Å². The first kappa shape index (κ1) is 12.6. The molecule has 0 aliphatic rings. The minimum Gasteiger partial charge on any atom is -0.360 e. The summed E-state index contributed by atoms with van der Waals surface area (Å²) >= 11 is 5.01. The number of thiophene rings is 1. The lowest BCUT2D eigenvalue weighted by Gasteiger charge is -1.97. The molecule has 4 heteroatoms. The van der Waals surface area contributed by atoms with Gasteiger partial charge in [-0.1, -0.05) is 15.9 Å². The third-order valence-electron chi connectivity index (χ3n) is 3.28. The van der Waals surface area contributed by atoms with Crippen LogP contribution in [0.5, 0.6) is 0 Å². The van der Waals surface area contributed by atoms with Gasteiger partial charge in [0.05, 0.1) is 4.88 Å². The molecule has 0 saturated carbocycles. The molecule has 0 atom stereocenters. The molecular formula is C15H12BrNOS. The van der Waals surface area contributed by atoms with Crippen molar-refractivity contribution in [2.45, 2.75) is 13.8 Å². The SMILES string of the molecule is Cc1cc(C(=O)c2c[nH]c3ccc(Br)cc23)sc1C. The number of halogens is 1. The van der Waals surface area contributed by atoms with E-state index in [4.69, 9.17) is 0 Å². The lowest BCUT2D eigenvalue weighted by molar-refractivity contribution is 0.104. The zero-order valence-corrected chi connectivity index (χ0v) is 13.0. The summed E-state index contributed by atoms with van der Waals surface area (Å²) in [6, 6.07) is 7.89. The van der Waals surface area contributed by atoms with Crippen molar-refractivity contribution in [3.8, 4) is 0 Å². The molecule has 0 radical (unpaired) electrons. The fraction of sp³-hybridized carbons (Fsp3) is 0.133. The van der Waals surface area contributed by atoms with Gasteiger partial charge in [-0.15, -0.1) is 11.3 Å². The van der Waals surface area contributed by atoms with Crippen LogP contribution < -0.4 is 0 Å². The first-order valence-electron chi connectivity index (χ1n) is 5.94. The summed E-state index contributed by atoms with van der Waals surface area (Å²) in [4.78, 5) is 17.7. The Balaban J connectivity index is 2.13. The zero-order valence-electron chi connectivity index (χ0n) is 10.6. The monoisotopic (exact) mass is 333 g/mol. The van der Waals surface area contributed by atoms with Crippen molar-refractivity contribution in [3.05, 3.63) is 55.8 Å². The lowest BCUT2D eigenvalue weighted by atomic mass is 10.1. The van der Waals surface area contributed by atoms with Gasteiger partial charge in [0.2, 0.25) is 5.78 Å². The molecule has 0 amide bonds. The summed E-state index contributed by atoms with van der Waals surface area (Å²) in [5, 5.41) is 0.961. The number of hydrogen-bond donors (Lipinski definition) is 1. The standard InChI is InChI=1S/C15H12BrNOS/c1-8-5-14(19-9(8)2)15(18)12-7-17-13-4-3-10(16)6-11(12)13/h3-7,17H,1-2H3. The number of aromatic amines is 1. The number of aromatic nitrogens is 1. The third kappa shape index (κ3) is 2.15. The number of carbonyl (C=O) groups excluding carboxylic acids is 1. The molecule has 0 unspecified atom stereocenters. The van der Waals surface area contributed by atoms with Crippen LogP contribution in [0.15, 0.2) is 34.9 Å². The number of nitrogens with one attached hydrogen (secondary N) is 1. The van der Waals surface area contributed by atoms with E-state index in [0.29, 0.717) is 0 Å². The van der Waals surface area contributed by atoms with E-state index in [-0.39, 0.29) is 5.78 Å². The Hall–Kier alpha value is -1.39. The highest BCUT2D eigenvalue weighted by atomic mass is 79.9. The Labute approximate surface area is 123 Å². The molecule has 1 N–H and O–H groups in total. The molecule has 19 heavy (non-hydrogen) atoms. The van der Waals surface area contributed by atoms with Crippen molar-refractivity contribution >= 4 is 44.0 Å². The Morgan fingerprint density at radius 1 is 1.26 bits per heavy atom. The second-order valence-electron chi connectivity index (χ2n) is 4.57. The Kier molecular flexibility index (Phi) is 3.07. The average molecular weight is 334 g/mol. The van der Waals surface area contributed by atoms with Gasteiger partial charge in [0.1, 0.15) is 0 Å². The maximum absolute atomic E-state index is 12.6. The van der Waals surface area contributed by atoms with Crippen LogP contribution in [0.2, 0.25) is 0 Å². The Morgan fingerprint density at radius 2 is 2.05 bits per heavy atom. The molecule has 0 saturated heterocycles. The van der Waals surface area contributed by atoms with Crippen LogP contribution in [-0.4, -0.2) is 10.8 Å². The summed E-state index contributed by atoms with van der Waals surface area (Å²) in [5.41, 5.74) is 2.89. The van der Waals surface area contributed by atoms with E-state index in [9.17, 15) is 4.79 Å². The van der Waals surface area contributed by atoms with E-state index in [1.165, 1.54) is 10.4 Å². The van der Waals surface area contributed by atoms with Crippen molar-refractivity contribution in [2.75, 3.05) is 0 Å². The molecule has 3 rings (SSSR count). The highest BCUT2D eigenvalue weighted by Gasteiger charge is 2.17. The second kappa shape index (κ2) is 4.62. The minimum atomic E-state index is 0.0885. The van der Waals surface area contributed by atoms with Crippen molar-refractivity contribution in [2.24, 2.45) is 0 Å². The predicted octanol–water partition coefficient (Wildman–Crippen LogP) is 4.84. The van der Waals surface area contributed by atoms with Crippen LogP contribution in [0.25, 0.3) is 10.9 Å². The molecule has 2 aromatic heterocycles. The van der Waals surface area contributed by atoms with Gasteiger partial charge in [-0.25, -0.2) is 0 Å². The first-order valence-corrected chi connectivity index (χ1v) is 7.55. The van der Waals surface area contributed by atoms with Crippen molar-refractivity contribution in [1.29, 1.82) is 0 Å². The lowest BCUT2D eigenvalue weighted by Crippen LogP contribution is -1.96.